The molecule has 1 aliphatic carbocycles. The number of nitrogen functional groups attached to an aromatic ring is 1. The molecule has 0 unspecified atom stereocenters. The van der Waals surface area contributed by atoms with E-state index in [1.165, 1.54) is 13.0 Å². The Hall–Kier alpha value is -2.69. The summed E-state index contributed by atoms with van der Waals surface area (Å²) in [5.41, 5.74) is 8.63. The molecule has 0 aliphatic heterocycles. The zero-order chi connectivity index (χ0) is 14.7. The Balaban J connectivity index is 2.36. The number of carbonyl (C=O) groups is 2. The molecule has 3 N–H and O–H groups in total. The second kappa shape index (κ2) is 5.52. The molecular weight excluding hydrogens is 254 g/mol. The number of benzene rings is 1. The summed E-state index contributed by atoms with van der Waals surface area (Å²) in [6.45, 7) is 3.16. The molecule has 0 heterocycles. The van der Waals surface area contributed by atoms with Gasteiger partial charge < -0.3 is 11.1 Å². The lowest BCUT2D eigenvalue weighted by Gasteiger charge is -2.12. The average molecular weight is 269 g/mol. The molecule has 0 bridgehead atoms. The first-order chi connectivity index (χ1) is 9.45. The minimum absolute atomic E-state index is 0.228. The van der Waals surface area contributed by atoms with Crippen molar-refractivity contribution in [1.29, 1.82) is 0 Å². The highest BCUT2D eigenvalue weighted by Crippen LogP contribution is 2.19. The van der Waals surface area contributed by atoms with E-state index in [-0.39, 0.29) is 17.4 Å². The molecule has 5 heteroatoms. The molecule has 0 saturated carbocycles. The second-order valence-electron chi connectivity index (χ2n) is 4.52. The summed E-state index contributed by atoms with van der Waals surface area (Å²) >= 11 is 0. The van der Waals surface area contributed by atoms with Gasteiger partial charge in [-0.15, -0.1) is 0 Å². The van der Waals surface area contributed by atoms with Crippen molar-refractivity contribution in [3.05, 3.63) is 47.7 Å². The van der Waals surface area contributed by atoms with Crippen LogP contribution in [0.15, 0.2) is 52.7 Å². The molecular formula is C15H15N3O2. The molecule has 0 fully saturated rings. The Morgan fingerprint density at radius 2 is 1.85 bits per heavy atom. The molecule has 0 atom stereocenters. The molecule has 1 aromatic rings. The van der Waals surface area contributed by atoms with Crippen molar-refractivity contribution >= 4 is 28.8 Å². The van der Waals surface area contributed by atoms with Gasteiger partial charge in [0.15, 0.2) is 0 Å². The maximum Gasteiger partial charge on any atom is 0.221 e. The molecule has 20 heavy (non-hydrogen) atoms. The lowest BCUT2D eigenvalue weighted by atomic mass is 10.0. The van der Waals surface area contributed by atoms with Crippen molar-refractivity contribution in [1.82, 2.24) is 5.32 Å². The van der Waals surface area contributed by atoms with Gasteiger partial charge in [0.05, 0.1) is 17.1 Å². The molecule has 2 rings (SSSR count). The van der Waals surface area contributed by atoms with Gasteiger partial charge in [-0.05, 0) is 48.9 Å². The molecule has 5 nitrogen and oxygen atoms in total. The van der Waals surface area contributed by atoms with Gasteiger partial charge >= 0.3 is 0 Å². The van der Waals surface area contributed by atoms with Crippen molar-refractivity contribution < 1.29 is 9.59 Å². The van der Waals surface area contributed by atoms with Crippen LogP contribution in [0.2, 0.25) is 0 Å². The van der Waals surface area contributed by atoms with Crippen molar-refractivity contribution in [2.75, 3.05) is 5.73 Å². The lowest BCUT2D eigenvalue weighted by Crippen LogP contribution is -2.27. The summed E-state index contributed by atoms with van der Waals surface area (Å²) in [5.74, 6) is -0.515. The fourth-order valence-electron chi connectivity index (χ4n) is 1.77. The fraction of sp³-hybridized carbons (Fsp3) is 0.133. The van der Waals surface area contributed by atoms with Crippen molar-refractivity contribution in [3.63, 3.8) is 0 Å². The van der Waals surface area contributed by atoms with E-state index < -0.39 is 0 Å². The van der Waals surface area contributed by atoms with E-state index >= 15 is 0 Å². The van der Waals surface area contributed by atoms with Crippen LogP contribution in [0, 0.1) is 0 Å². The van der Waals surface area contributed by atoms with Gasteiger partial charge in [-0.1, -0.05) is 0 Å². The lowest BCUT2D eigenvalue weighted by molar-refractivity contribution is -0.120. The van der Waals surface area contributed by atoms with Gasteiger partial charge in [0.2, 0.25) is 11.7 Å². The quantitative estimate of drug-likeness (QED) is 0.635. The molecule has 0 spiro atoms. The molecule has 0 saturated heterocycles. The molecule has 0 aromatic heterocycles. The zero-order valence-electron chi connectivity index (χ0n) is 11.3. The smallest absolute Gasteiger partial charge is 0.221 e. The standard InChI is InChI=1S/C15H15N3O2/c1-9-7-15(20)14(17-10(2)19)8-13(9)18-12-5-3-11(16)4-6-12/h3-8H,16H2,1-2H3,(H,17,19). The van der Waals surface area contributed by atoms with E-state index in [1.54, 1.807) is 37.3 Å². The van der Waals surface area contributed by atoms with Gasteiger partial charge in [0, 0.05) is 12.6 Å². The average Bonchev–Trinajstić information content (AvgIpc) is 2.37. The Bertz CT molecular complexity index is 652. The first-order valence-electron chi connectivity index (χ1n) is 6.12. The summed E-state index contributed by atoms with van der Waals surface area (Å²) in [4.78, 5) is 27.3. The first-order valence-corrected chi connectivity index (χ1v) is 6.12. The normalized spacial score (nSPS) is 16.7. The number of ketones is 1. The first kappa shape index (κ1) is 13.7. The third kappa shape index (κ3) is 3.20. The second-order valence-corrected chi connectivity index (χ2v) is 4.52. The third-order valence-corrected chi connectivity index (χ3v) is 2.75. The van der Waals surface area contributed by atoms with Crippen molar-refractivity contribution in [2.45, 2.75) is 13.8 Å². The van der Waals surface area contributed by atoms with E-state index in [1.807, 2.05) is 0 Å². The highest BCUT2D eigenvalue weighted by molar-refractivity contribution is 6.22. The molecule has 1 amide bonds. The minimum Gasteiger partial charge on any atom is -0.399 e. The van der Waals surface area contributed by atoms with Crippen LogP contribution < -0.4 is 11.1 Å². The van der Waals surface area contributed by atoms with Crippen LogP contribution in [0.25, 0.3) is 0 Å². The van der Waals surface area contributed by atoms with Crippen LogP contribution in [-0.2, 0) is 9.59 Å². The Kier molecular flexibility index (Phi) is 3.79. The van der Waals surface area contributed by atoms with Crippen LogP contribution in [-0.4, -0.2) is 17.4 Å². The Morgan fingerprint density at radius 1 is 1.20 bits per heavy atom. The van der Waals surface area contributed by atoms with Gasteiger partial charge in [-0.25, -0.2) is 4.99 Å². The monoisotopic (exact) mass is 269 g/mol. The Labute approximate surface area is 116 Å². The molecule has 0 radical (unpaired) electrons. The van der Waals surface area contributed by atoms with Gasteiger partial charge in [-0.3, -0.25) is 9.59 Å². The maximum atomic E-state index is 11.8. The van der Waals surface area contributed by atoms with Crippen molar-refractivity contribution in [2.24, 2.45) is 4.99 Å². The van der Waals surface area contributed by atoms with Gasteiger partial charge in [-0.2, -0.15) is 0 Å². The summed E-state index contributed by atoms with van der Waals surface area (Å²) in [6.07, 6.45) is 3.04. The zero-order valence-corrected chi connectivity index (χ0v) is 11.3. The number of allylic oxidation sites excluding steroid dienone is 3. The predicted molar refractivity (Wildman–Crippen MR) is 78.6 cm³/mol. The highest BCUT2D eigenvalue weighted by Gasteiger charge is 2.17. The largest absolute Gasteiger partial charge is 0.399 e. The summed E-state index contributed by atoms with van der Waals surface area (Å²) < 4.78 is 0. The van der Waals surface area contributed by atoms with E-state index in [4.69, 9.17) is 5.73 Å². The predicted octanol–water partition coefficient (Wildman–Crippen LogP) is 1.89. The van der Waals surface area contributed by atoms with E-state index in [0.29, 0.717) is 11.4 Å². The highest BCUT2D eigenvalue weighted by atomic mass is 16.2. The van der Waals surface area contributed by atoms with E-state index in [9.17, 15) is 9.59 Å². The van der Waals surface area contributed by atoms with E-state index in [2.05, 4.69) is 10.3 Å². The number of amides is 1. The summed E-state index contributed by atoms with van der Waals surface area (Å²) in [5, 5.41) is 2.50. The number of hydrogen-bond acceptors (Lipinski definition) is 4. The SMILES string of the molecule is CC(=O)NC1=CC(=Nc2ccc(N)cc2)C(C)=CC1=O. The number of rotatable bonds is 2. The minimum atomic E-state index is -0.288. The number of aliphatic imine (C=N–C) groups is 1. The van der Waals surface area contributed by atoms with Crippen LogP contribution in [0.3, 0.4) is 0 Å². The number of hydrogen-bond donors (Lipinski definition) is 2. The number of nitrogens with zero attached hydrogens (tertiary/aromatic N) is 1. The maximum absolute atomic E-state index is 11.8. The van der Waals surface area contributed by atoms with Crippen LogP contribution >= 0.6 is 0 Å². The van der Waals surface area contributed by atoms with Gasteiger partial charge in [0.1, 0.15) is 0 Å². The van der Waals surface area contributed by atoms with Gasteiger partial charge in [0.25, 0.3) is 0 Å². The fourth-order valence-corrected chi connectivity index (χ4v) is 1.77. The molecule has 1 aliphatic rings. The summed E-state index contributed by atoms with van der Waals surface area (Å²) in [6, 6.07) is 7.09. The number of nitrogens with one attached hydrogen (secondary N) is 1. The topological polar surface area (TPSA) is 84.6 Å². The van der Waals surface area contributed by atoms with Crippen LogP contribution in [0.4, 0.5) is 11.4 Å². The third-order valence-electron chi connectivity index (χ3n) is 2.75. The summed E-state index contributed by atoms with van der Waals surface area (Å²) in [7, 11) is 0. The Morgan fingerprint density at radius 3 is 2.45 bits per heavy atom. The molecule has 102 valence electrons. The number of carbonyl (C=O) groups excluding carboxylic acids is 2. The van der Waals surface area contributed by atoms with E-state index in [0.717, 1.165) is 11.3 Å². The molecule has 1 aromatic carbocycles. The van der Waals surface area contributed by atoms with Crippen molar-refractivity contribution in [3.8, 4) is 0 Å². The van der Waals surface area contributed by atoms with Crippen LogP contribution in [0.1, 0.15) is 13.8 Å². The van der Waals surface area contributed by atoms with Crippen LogP contribution in [0.5, 0.6) is 0 Å². The number of anilines is 1. The number of nitrogens with two attached hydrogens (primary N) is 1.